The average Bonchev–Trinajstić information content (AvgIpc) is 3.59. The molecular weight excluding hydrogens is 559 g/mol. The quantitative estimate of drug-likeness (QED) is 0.175. The van der Waals surface area contributed by atoms with Gasteiger partial charge in [-0.05, 0) is 87.4 Å². The van der Waals surface area contributed by atoms with Crippen LogP contribution in [0.15, 0.2) is 65.1 Å². The first-order valence-electron chi connectivity index (χ1n) is 17.6. The molecule has 0 saturated heterocycles. The monoisotopic (exact) mass is 606 g/mol. The van der Waals surface area contributed by atoms with E-state index in [1.165, 1.54) is 92.7 Å². The normalized spacial score (nSPS) is 17.5. The maximum Gasteiger partial charge on any atom is 0.252 e. The molecule has 1 fully saturated rings. The van der Waals surface area contributed by atoms with Crippen molar-refractivity contribution in [2.24, 2.45) is 0 Å². The molecular formula is C42H47BN2O. The molecule has 0 amide bonds. The van der Waals surface area contributed by atoms with Gasteiger partial charge < -0.3 is 4.42 Å². The Hall–Kier alpha value is -3.79. The molecule has 1 saturated carbocycles. The first-order chi connectivity index (χ1) is 22.0. The van der Waals surface area contributed by atoms with Gasteiger partial charge in [0.05, 0.1) is 11.0 Å². The summed E-state index contributed by atoms with van der Waals surface area (Å²) >= 11 is 0. The molecule has 3 nitrogen and oxygen atoms in total. The van der Waals surface area contributed by atoms with Crippen LogP contribution in [0.4, 0.5) is 0 Å². The van der Waals surface area contributed by atoms with Crippen LogP contribution in [0.2, 0.25) is 0 Å². The summed E-state index contributed by atoms with van der Waals surface area (Å²) in [6.07, 6.45) is 6.50. The summed E-state index contributed by atoms with van der Waals surface area (Å²) in [5.41, 5.74) is 15.6. The van der Waals surface area contributed by atoms with Gasteiger partial charge in [-0.25, -0.2) is 4.98 Å². The zero-order valence-corrected chi connectivity index (χ0v) is 29.2. The molecule has 1 aliphatic carbocycles. The summed E-state index contributed by atoms with van der Waals surface area (Å²) in [4.78, 5) is 5.27. The van der Waals surface area contributed by atoms with Gasteiger partial charge in [0.25, 0.3) is 6.71 Å². The van der Waals surface area contributed by atoms with Crippen molar-refractivity contribution >= 4 is 56.1 Å². The van der Waals surface area contributed by atoms with Crippen LogP contribution in [0.25, 0.3) is 38.7 Å². The van der Waals surface area contributed by atoms with E-state index in [-0.39, 0.29) is 23.0 Å². The van der Waals surface area contributed by atoms with Gasteiger partial charge >= 0.3 is 0 Å². The topological polar surface area (TPSA) is 31.0 Å². The van der Waals surface area contributed by atoms with E-state index in [4.69, 9.17) is 9.40 Å². The molecule has 0 atom stereocenters. The number of hydrogen-bond acceptors (Lipinski definition) is 2. The van der Waals surface area contributed by atoms with Gasteiger partial charge in [-0.3, -0.25) is 4.57 Å². The molecule has 4 heteroatoms. The molecule has 2 aromatic heterocycles. The molecule has 0 bridgehead atoms. The number of fused-ring (bicyclic) bond motifs is 8. The van der Waals surface area contributed by atoms with E-state index < -0.39 is 0 Å². The van der Waals surface area contributed by atoms with E-state index in [0.717, 1.165) is 22.5 Å². The molecule has 0 unspecified atom stereocenters. The van der Waals surface area contributed by atoms with Gasteiger partial charge in [-0.1, -0.05) is 117 Å². The zero-order valence-electron chi connectivity index (χ0n) is 29.2. The lowest BCUT2D eigenvalue weighted by Gasteiger charge is -2.44. The Kier molecular flexibility index (Phi) is 6.35. The van der Waals surface area contributed by atoms with Crippen molar-refractivity contribution in [3.8, 4) is 5.69 Å². The van der Waals surface area contributed by atoms with Crippen molar-refractivity contribution in [3.05, 3.63) is 88.7 Å². The Balaban J connectivity index is 0.00000153. The lowest BCUT2D eigenvalue weighted by molar-refractivity contribution is 0.319. The summed E-state index contributed by atoms with van der Waals surface area (Å²) in [6.45, 7) is 20.6. The molecule has 6 aromatic rings. The molecule has 4 heterocycles. The van der Waals surface area contributed by atoms with Crippen molar-refractivity contribution in [2.45, 2.75) is 111 Å². The van der Waals surface area contributed by atoms with Crippen LogP contribution in [0.5, 0.6) is 0 Å². The predicted molar refractivity (Wildman–Crippen MR) is 197 cm³/mol. The lowest BCUT2D eigenvalue weighted by atomic mass is 9.30. The van der Waals surface area contributed by atoms with Crippen LogP contribution in [0, 0.1) is 6.92 Å². The summed E-state index contributed by atoms with van der Waals surface area (Å²) in [5, 5.41) is 2.41. The predicted octanol–water partition coefficient (Wildman–Crippen LogP) is 9.25. The highest BCUT2D eigenvalue weighted by molar-refractivity contribution is 7.00. The molecule has 2 aliphatic heterocycles. The highest BCUT2D eigenvalue weighted by Crippen LogP contribution is 2.45. The molecule has 46 heavy (non-hydrogen) atoms. The fourth-order valence-corrected chi connectivity index (χ4v) is 9.16. The number of aryl methyl sites for hydroxylation is 1. The molecule has 0 radical (unpaired) electrons. The van der Waals surface area contributed by atoms with E-state index in [1.54, 1.807) is 0 Å². The highest BCUT2D eigenvalue weighted by atomic mass is 16.3. The van der Waals surface area contributed by atoms with Crippen LogP contribution in [0.1, 0.15) is 116 Å². The van der Waals surface area contributed by atoms with Gasteiger partial charge in [0.15, 0.2) is 0 Å². The van der Waals surface area contributed by atoms with Crippen LogP contribution in [-0.2, 0) is 16.2 Å². The second kappa shape index (κ2) is 9.86. The minimum absolute atomic E-state index is 0.00700. The molecule has 0 spiro atoms. The maximum atomic E-state index is 6.85. The maximum absolute atomic E-state index is 6.85. The number of benzene rings is 4. The number of aromatic nitrogens is 2. The van der Waals surface area contributed by atoms with Crippen LogP contribution in [-0.4, -0.2) is 16.3 Å². The van der Waals surface area contributed by atoms with Gasteiger partial charge in [0.2, 0.25) is 0 Å². The second-order valence-electron chi connectivity index (χ2n) is 15.8. The number of nitrogens with zero attached hydrogens (tertiary/aromatic N) is 2. The number of rotatable bonds is 1. The van der Waals surface area contributed by atoms with E-state index in [2.05, 4.69) is 114 Å². The Labute approximate surface area is 274 Å². The summed E-state index contributed by atoms with van der Waals surface area (Å²) in [5.74, 6) is 1.07. The Morgan fingerprint density at radius 3 is 2.30 bits per heavy atom. The van der Waals surface area contributed by atoms with Crippen LogP contribution < -0.4 is 16.4 Å². The van der Waals surface area contributed by atoms with Crippen molar-refractivity contribution in [1.29, 1.82) is 0 Å². The first-order valence-corrected chi connectivity index (χ1v) is 17.6. The number of hydrogen-bond donors (Lipinski definition) is 0. The van der Waals surface area contributed by atoms with Gasteiger partial charge in [0.1, 0.15) is 17.0 Å². The Bertz CT molecular complexity index is 2200. The van der Waals surface area contributed by atoms with Gasteiger partial charge in [0, 0.05) is 21.9 Å². The smallest absolute Gasteiger partial charge is 0.252 e. The largest absolute Gasteiger partial charge is 0.457 e. The second-order valence-corrected chi connectivity index (χ2v) is 15.8. The fourth-order valence-electron chi connectivity index (χ4n) is 9.16. The summed E-state index contributed by atoms with van der Waals surface area (Å²) < 4.78 is 9.36. The average molecular weight is 607 g/mol. The van der Waals surface area contributed by atoms with E-state index in [9.17, 15) is 0 Å². The third-order valence-corrected chi connectivity index (χ3v) is 11.7. The third-order valence-electron chi connectivity index (χ3n) is 11.7. The zero-order chi connectivity index (χ0) is 32.3. The molecule has 234 valence electrons. The van der Waals surface area contributed by atoms with E-state index >= 15 is 0 Å². The van der Waals surface area contributed by atoms with Crippen molar-refractivity contribution in [2.75, 3.05) is 0 Å². The van der Waals surface area contributed by atoms with Crippen LogP contribution >= 0.6 is 0 Å². The van der Waals surface area contributed by atoms with Gasteiger partial charge in [-0.2, -0.15) is 0 Å². The van der Waals surface area contributed by atoms with Crippen molar-refractivity contribution in [1.82, 2.24) is 9.55 Å². The summed E-state index contributed by atoms with van der Waals surface area (Å²) in [7, 11) is 0. The molecule has 4 aromatic carbocycles. The molecule has 0 N–H and O–H groups in total. The highest BCUT2D eigenvalue weighted by Gasteiger charge is 2.48. The third kappa shape index (κ3) is 3.88. The minimum Gasteiger partial charge on any atom is -0.457 e. The number of furan rings is 1. The summed E-state index contributed by atoms with van der Waals surface area (Å²) in [6, 6.07) is 23.3. The first kappa shape index (κ1) is 29.6. The number of imidazole rings is 1. The minimum atomic E-state index is -0.184. The Morgan fingerprint density at radius 1 is 0.826 bits per heavy atom. The number of para-hydroxylation sites is 1. The van der Waals surface area contributed by atoms with Gasteiger partial charge in [-0.15, -0.1) is 0 Å². The van der Waals surface area contributed by atoms with Crippen molar-refractivity contribution in [3.63, 3.8) is 0 Å². The SMILES string of the molecule is CC.Cc1nc2cc(C(C)(C)C)cc3c2n1-c1cc(C2(C)CCCCC2)cc2c1B3c1c(ccc3c1oc1ccccc13)C2(C)C. The molecule has 9 rings (SSSR count). The Morgan fingerprint density at radius 2 is 1.57 bits per heavy atom. The standard InChI is InChI=1S/C40H41BN2O.C2H6/c1-23-42-31-21-24(38(2,3)4)20-30-36(31)43(23)32-22-25(40(7)17-11-8-12-18-40)19-29-34(32)41(30)35-28(39(29,5)6)16-15-27-26-13-9-10-14-33(26)44-37(27)35;1-2/h9-10,13-16,19-22H,8,11-12,17-18H2,1-7H3;1-2H3. The van der Waals surface area contributed by atoms with Crippen molar-refractivity contribution < 1.29 is 4.42 Å². The van der Waals surface area contributed by atoms with E-state index in [1.807, 2.05) is 13.8 Å². The van der Waals surface area contributed by atoms with Crippen LogP contribution in [0.3, 0.4) is 0 Å². The molecule has 3 aliphatic rings. The fraction of sp³-hybridized carbons (Fsp3) is 0.405. The van der Waals surface area contributed by atoms with E-state index in [0.29, 0.717) is 0 Å². The lowest BCUT2D eigenvalue weighted by Crippen LogP contribution is -2.63.